The lowest BCUT2D eigenvalue weighted by atomic mass is 10.2. The van der Waals surface area contributed by atoms with Crippen molar-refractivity contribution in [2.45, 2.75) is 67.7 Å². The van der Waals surface area contributed by atoms with Crippen molar-refractivity contribution in [2.24, 2.45) is 0 Å². The summed E-state index contributed by atoms with van der Waals surface area (Å²) in [4.78, 5) is 22.3. The molecule has 0 aromatic carbocycles. The zero-order valence-electron chi connectivity index (χ0n) is 26.1. The van der Waals surface area contributed by atoms with Crippen molar-refractivity contribution < 1.29 is 4.74 Å². The predicted molar refractivity (Wildman–Crippen MR) is 162 cm³/mol. The largest absolute Gasteiger partial charge is 0.379 e. The van der Waals surface area contributed by atoms with E-state index >= 15 is 0 Å². The summed E-state index contributed by atoms with van der Waals surface area (Å²) in [5, 5.41) is 0. The molecule has 2 aromatic heterocycles. The Morgan fingerprint density at radius 1 is 0.800 bits per heavy atom. The summed E-state index contributed by atoms with van der Waals surface area (Å²) >= 11 is 0. The van der Waals surface area contributed by atoms with Crippen LogP contribution in [0.25, 0.3) is 0 Å². The minimum absolute atomic E-state index is 0.0186. The Morgan fingerprint density at radius 3 is 2.02 bits per heavy atom. The van der Waals surface area contributed by atoms with Crippen molar-refractivity contribution in [1.29, 1.82) is 0 Å². The molecule has 0 spiro atoms. The molecule has 0 N–H and O–H groups in total. The standard InChI is InChI=1S/C30H53N9O/c1-8-33(9-2)12-16-37-24-32-29(27(37)7)39-25(5)22-36(15-14-35-18-20-40-21-19-35)30(39)28-26(6)31-23-38(28)17-13-34(10-3)11-4/h22-24,30H,8-21H2,1-7H3. The van der Waals surface area contributed by atoms with Gasteiger partial charge in [0.15, 0.2) is 12.0 Å². The lowest BCUT2D eigenvalue weighted by Crippen LogP contribution is -2.42. The highest BCUT2D eigenvalue weighted by atomic mass is 16.5. The molecule has 0 radical (unpaired) electrons. The highest BCUT2D eigenvalue weighted by molar-refractivity contribution is 5.54. The number of anilines is 1. The first-order valence-electron chi connectivity index (χ1n) is 15.4. The van der Waals surface area contributed by atoms with Crippen LogP contribution in [0.1, 0.15) is 57.9 Å². The molecule has 0 aliphatic carbocycles. The maximum Gasteiger partial charge on any atom is 0.156 e. The van der Waals surface area contributed by atoms with Crippen molar-refractivity contribution in [1.82, 2.24) is 38.7 Å². The Bertz CT molecular complexity index is 1080. The fourth-order valence-corrected chi connectivity index (χ4v) is 6.02. The summed E-state index contributed by atoms with van der Waals surface area (Å²) in [5.41, 5.74) is 4.79. The molecule has 1 fully saturated rings. The number of hydrogen-bond donors (Lipinski definition) is 0. The third-order valence-electron chi connectivity index (χ3n) is 8.79. The van der Waals surface area contributed by atoms with Gasteiger partial charge < -0.3 is 33.5 Å². The number of allylic oxidation sites excluding steroid dienone is 1. The molecule has 2 aromatic rings. The van der Waals surface area contributed by atoms with Crippen LogP contribution in [0.2, 0.25) is 0 Å². The van der Waals surface area contributed by atoms with Gasteiger partial charge in [0, 0.05) is 64.3 Å². The molecule has 1 unspecified atom stereocenters. The summed E-state index contributed by atoms with van der Waals surface area (Å²) in [6, 6.07) is 0. The number of hydrogen-bond acceptors (Lipinski definition) is 8. The number of morpholine rings is 1. The summed E-state index contributed by atoms with van der Waals surface area (Å²) in [6.45, 7) is 29.3. The second-order valence-electron chi connectivity index (χ2n) is 11.0. The van der Waals surface area contributed by atoms with Gasteiger partial charge in [-0.3, -0.25) is 4.90 Å². The SMILES string of the molecule is CCN(CC)CCn1cnc(N2C(C)=CN(CCN3CCOCC3)C2c2c(C)ncn2CCN(CC)CC)c1C. The van der Waals surface area contributed by atoms with Gasteiger partial charge in [-0.15, -0.1) is 0 Å². The minimum atomic E-state index is 0.0186. The molecule has 10 nitrogen and oxygen atoms in total. The number of nitrogens with zero attached hydrogens (tertiary/aromatic N) is 9. The van der Waals surface area contributed by atoms with Crippen molar-refractivity contribution >= 4 is 5.82 Å². The van der Waals surface area contributed by atoms with Crippen LogP contribution < -0.4 is 4.90 Å². The van der Waals surface area contributed by atoms with Crippen LogP contribution in [-0.4, -0.2) is 117 Å². The van der Waals surface area contributed by atoms with E-state index < -0.39 is 0 Å². The molecule has 0 saturated carbocycles. The molecular weight excluding hydrogens is 502 g/mol. The normalized spacial score (nSPS) is 18.5. The van der Waals surface area contributed by atoms with Crippen LogP contribution in [0, 0.1) is 13.8 Å². The summed E-state index contributed by atoms with van der Waals surface area (Å²) in [5.74, 6) is 1.04. The van der Waals surface area contributed by atoms with E-state index in [0.717, 1.165) is 103 Å². The van der Waals surface area contributed by atoms with Gasteiger partial charge in [0.1, 0.15) is 0 Å². The van der Waals surface area contributed by atoms with Crippen LogP contribution >= 0.6 is 0 Å². The van der Waals surface area contributed by atoms with E-state index in [4.69, 9.17) is 14.7 Å². The number of aromatic nitrogens is 4. The van der Waals surface area contributed by atoms with Crippen molar-refractivity contribution in [2.75, 3.05) is 83.6 Å². The number of aryl methyl sites for hydroxylation is 1. The Kier molecular flexibility index (Phi) is 11.1. The molecule has 4 rings (SSSR count). The molecule has 4 heterocycles. The molecular formula is C30H53N9O. The first-order chi connectivity index (χ1) is 19.4. The van der Waals surface area contributed by atoms with Crippen molar-refractivity contribution in [3.63, 3.8) is 0 Å². The second-order valence-corrected chi connectivity index (χ2v) is 11.0. The smallest absolute Gasteiger partial charge is 0.156 e. The third-order valence-corrected chi connectivity index (χ3v) is 8.79. The lowest BCUT2D eigenvalue weighted by molar-refractivity contribution is 0.0341. The Labute approximate surface area is 242 Å². The Morgan fingerprint density at radius 2 is 1.40 bits per heavy atom. The highest BCUT2D eigenvalue weighted by Gasteiger charge is 2.38. The summed E-state index contributed by atoms with van der Waals surface area (Å²) in [6.07, 6.45) is 6.42. The maximum absolute atomic E-state index is 5.60. The topological polar surface area (TPSA) is 61.1 Å². The van der Waals surface area contributed by atoms with Gasteiger partial charge in [0.2, 0.25) is 0 Å². The van der Waals surface area contributed by atoms with Gasteiger partial charge in [0.05, 0.1) is 43.0 Å². The molecule has 2 aliphatic rings. The molecule has 40 heavy (non-hydrogen) atoms. The van der Waals surface area contributed by atoms with Gasteiger partial charge in [-0.1, -0.05) is 27.7 Å². The quantitative estimate of drug-likeness (QED) is 0.332. The van der Waals surface area contributed by atoms with Gasteiger partial charge >= 0.3 is 0 Å². The minimum Gasteiger partial charge on any atom is -0.379 e. The van der Waals surface area contributed by atoms with Crippen LogP contribution in [0.4, 0.5) is 5.82 Å². The molecule has 1 saturated heterocycles. The molecule has 10 heteroatoms. The van der Waals surface area contributed by atoms with Crippen LogP contribution in [0.3, 0.4) is 0 Å². The zero-order valence-corrected chi connectivity index (χ0v) is 26.1. The Hall–Kier alpha value is -2.40. The summed E-state index contributed by atoms with van der Waals surface area (Å²) < 4.78 is 10.3. The number of rotatable bonds is 15. The highest BCUT2D eigenvalue weighted by Crippen LogP contribution is 2.40. The van der Waals surface area contributed by atoms with Gasteiger partial charge in [-0.25, -0.2) is 9.97 Å². The summed E-state index contributed by atoms with van der Waals surface area (Å²) in [7, 11) is 0. The first kappa shape index (κ1) is 30.6. The van der Waals surface area contributed by atoms with Crippen molar-refractivity contribution in [3.8, 4) is 0 Å². The number of imidazole rings is 2. The van der Waals surface area contributed by atoms with E-state index in [0.29, 0.717) is 0 Å². The predicted octanol–water partition coefficient (Wildman–Crippen LogP) is 3.39. The second kappa shape index (κ2) is 14.5. The van der Waals surface area contributed by atoms with Crippen molar-refractivity contribution in [3.05, 3.63) is 41.6 Å². The Balaban J connectivity index is 1.64. The van der Waals surface area contributed by atoms with Gasteiger partial charge in [-0.05, 0) is 47.0 Å². The van der Waals surface area contributed by atoms with Crippen LogP contribution in [-0.2, 0) is 17.8 Å². The zero-order chi connectivity index (χ0) is 28.6. The average Bonchev–Trinajstić information content (AvgIpc) is 3.62. The third kappa shape index (κ3) is 6.90. The van der Waals surface area contributed by atoms with E-state index in [-0.39, 0.29) is 6.17 Å². The van der Waals surface area contributed by atoms with E-state index in [9.17, 15) is 0 Å². The van der Waals surface area contributed by atoms with Crippen LogP contribution in [0.15, 0.2) is 24.6 Å². The van der Waals surface area contributed by atoms with Crippen LogP contribution in [0.5, 0.6) is 0 Å². The molecule has 2 aliphatic heterocycles. The maximum atomic E-state index is 5.60. The van der Waals surface area contributed by atoms with E-state index in [1.165, 1.54) is 17.1 Å². The molecule has 1 atom stereocenters. The fraction of sp³-hybridized carbons (Fsp3) is 0.733. The molecule has 224 valence electrons. The van der Waals surface area contributed by atoms with E-state index in [1.807, 2.05) is 12.7 Å². The number of likely N-dealkylation sites (N-methyl/N-ethyl adjacent to an activating group) is 2. The fourth-order valence-electron chi connectivity index (χ4n) is 6.02. The number of ether oxygens (including phenoxy) is 1. The molecule has 0 amide bonds. The monoisotopic (exact) mass is 555 g/mol. The van der Waals surface area contributed by atoms with Gasteiger partial charge in [0.25, 0.3) is 0 Å². The lowest BCUT2D eigenvalue weighted by Gasteiger charge is -2.36. The average molecular weight is 556 g/mol. The van der Waals surface area contributed by atoms with E-state index in [2.05, 4.69) is 88.3 Å². The first-order valence-corrected chi connectivity index (χ1v) is 15.4. The van der Waals surface area contributed by atoms with E-state index in [1.54, 1.807) is 0 Å². The van der Waals surface area contributed by atoms with Gasteiger partial charge in [-0.2, -0.15) is 0 Å². The molecule has 0 bridgehead atoms.